The van der Waals surface area contributed by atoms with Crippen LogP contribution in [0.25, 0.3) is 0 Å². The van der Waals surface area contributed by atoms with Gasteiger partial charge in [-0.25, -0.2) is 0 Å². The highest BCUT2D eigenvalue weighted by Crippen LogP contribution is 2.39. The molecule has 3 rings (SSSR count). The Morgan fingerprint density at radius 3 is 3.06 bits per heavy atom. The molecule has 2 aliphatic rings. The molecule has 0 saturated carbocycles. The molecule has 2 fully saturated rings. The van der Waals surface area contributed by atoms with Gasteiger partial charge in [0.05, 0.1) is 18.3 Å². The quantitative estimate of drug-likeness (QED) is 0.581. The summed E-state index contributed by atoms with van der Waals surface area (Å²) in [5.41, 5.74) is 4.29. The molecule has 2 atom stereocenters. The Kier molecular flexibility index (Phi) is 2.74. The Hall–Kier alpha value is -1.17. The maximum atomic E-state index is 10.6. The molecule has 2 aliphatic heterocycles. The highest BCUT2D eigenvalue weighted by Gasteiger charge is 2.51. The Morgan fingerprint density at radius 2 is 2.29 bits per heavy atom. The number of hydrogen-bond acceptors (Lipinski definition) is 4. The van der Waals surface area contributed by atoms with Gasteiger partial charge < -0.3 is 14.4 Å². The van der Waals surface area contributed by atoms with Crippen LogP contribution in [0, 0.1) is 5.92 Å². The molecule has 0 radical (unpaired) electrons. The maximum Gasteiger partial charge on any atom is 0.281 e. The molecule has 1 aromatic carbocycles. The molecule has 2 heterocycles. The van der Waals surface area contributed by atoms with Crippen molar-refractivity contribution in [2.75, 3.05) is 19.7 Å². The van der Waals surface area contributed by atoms with Gasteiger partial charge in [-0.15, -0.1) is 0 Å². The van der Waals surface area contributed by atoms with Crippen LogP contribution in [0.3, 0.4) is 0 Å². The van der Waals surface area contributed by atoms with E-state index in [-0.39, 0.29) is 5.54 Å². The zero-order valence-corrected chi connectivity index (χ0v) is 9.63. The number of hydroxylamine groups is 1. The summed E-state index contributed by atoms with van der Waals surface area (Å²) in [6, 6.07) is 10.4. The Labute approximate surface area is 101 Å². The van der Waals surface area contributed by atoms with Crippen molar-refractivity contribution in [2.24, 2.45) is 5.92 Å². The summed E-state index contributed by atoms with van der Waals surface area (Å²) in [5, 5.41) is 0. The van der Waals surface area contributed by atoms with Crippen LogP contribution >= 0.6 is 0 Å². The molecule has 1 aromatic rings. The fraction of sp³-hybridized carbons (Fsp3) is 0.417. The highest BCUT2D eigenvalue weighted by molar-refractivity contribution is 6.64. The van der Waals surface area contributed by atoms with Crippen molar-refractivity contribution >= 4 is 13.6 Å². The van der Waals surface area contributed by atoms with Crippen molar-refractivity contribution in [2.45, 2.75) is 5.54 Å². The van der Waals surface area contributed by atoms with Gasteiger partial charge in [-0.3, -0.25) is 0 Å². The van der Waals surface area contributed by atoms with E-state index in [1.54, 1.807) is 0 Å². The smallest absolute Gasteiger partial charge is 0.281 e. The molecule has 0 bridgehead atoms. The van der Waals surface area contributed by atoms with Gasteiger partial charge in [0, 0.05) is 12.5 Å². The van der Waals surface area contributed by atoms with Gasteiger partial charge in [0.1, 0.15) is 0 Å². The number of hydrogen-bond donors (Lipinski definition) is 1. The summed E-state index contributed by atoms with van der Waals surface area (Å²) >= 11 is 0. The monoisotopic (exact) mass is 230 g/mol. The van der Waals surface area contributed by atoms with Crippen LogP contribution in [0.4, 0.5) is 0 Å². The molecule has 88 valence electrons. The topological polar surface area (TPSA) is 41.6 Å². The largest absolute Gasteiger partial charge is 0.336 e. The van der Waals surface area contributed by atoms with Gasteiger partial charge in [-0.05, 0) is 12.1 Å². The van der Waals surface area contributed by atoms with Crippen LogP contribution in [0.5, 0.6) is 0 Å². The molecule has 0 aliphatic carbocycles. The number of nitrogens with one attached hydrogen (secondary N) is 1. The van der Waals surface area contributed by atoms with E-state index in [9.17, 15) is 4.79 Å². The SMILES string of the molecule is O=CBN1CC2CONC2(c2ccccc2)C1. The first-order valence-corrected chi connectivity index (χ1v) is 5.95. The first-order valence-electron chi connectivity index (χ1n) is 5.95. The molecule has 2 saturated heterocycles. The van der Waals surface area contributed by atoms with Crippen molar-refractivity contribution in [3.05, 3.63) is 35.9 Å². The van der Waals surface area contributed by atoms with Gasteiger partial charge >= 0.3 is 0 Å². The number of fused-ring (bicyclic) bond motifs is 1. The van der Waals surface area contributed by atoms with Crippen molar-refractivity contribution in [1.82, 2.24) is 10.3 Å². The first kappa shape index (κ1) is 11.0. The fourth-order valence-corrected chi connectivity index (χ4v) is 2.96. The van der Waals surface area contributed by atoms with Gasteiger partial charge in [0.25, 0.3) is 7.41 Å². The molecule has 17 heavy (non-hydrogen) atoms. The molecule has 0 amide bonds. The summed E-state index contributed by atoms with van der Waals surface area (Å²) in [4.78, 5) is 18.2. The second-order valence-corrected chi connectivity index (χ2v) is 4.81. The summed E-state index contributed by atoms with van der Waals surface area (Å²) in [7, 11) is 0.507. The van der Waals surface area contributed by atoms with Gasteiger partial charge in [0.15, 0.2) is 0 Å². The van der Waals surface area contributed by atoms with Crippen molar-refractivity contribution in [3.63, 3.8) is 0 Å². The molecule has 0 spiro atoms. The third-order valence-electron chi connectivity index (χ3n) is 3.81. The number of carbonyl (C=O) groups is 1. The minimum atomic E-state index is -0.135. The summed E-state index contributed by atoms with van der Waals surface area (Å²) in [6.07, 6.45) is 0.973. The fourth-order valence-electron chi connectivity index (χ4n) is 2.96. The molecular weight excluding hydrogens is 215 g/mol. The van der Waals surface area contributed by atoms with Crippen molar-refractivity contribution < 1.29 is 9.63 Å². The van der Waals surface area contributed by atoms with Gasteiger partial charge in [-0.1, -0.05) is 30.3 Å². The van der Waals surface area contributed by atoms with E-state index in [0.29, 0.717) is 19.9 Å². The van der Waals surface area contributed by atoms with E-state index in [1.807, 2.05) is 18.2 Å². The Balaban J connectivity index is 1.91. The van der Waals surface area contributed by atoms with Crippen molar-refractivity contribution in [3.8, 4) is 0 Å². The standard InChI is InChI=1S/C12H15BN2O2/c16-9-13-15-6-11-7-17-14-12(11,8-15)10-4-2-1-3-5-10/h1-5,9,11,13-14H,6-8H2. The first-order chi connectivity index (χ1) is 8.35. The van der Waals surface area contributed by atoms with Crippen molar-refractivity contribution in [1.29, 1.82) is 0 Å². The maximum absolute atomic E-state index is 10.6. The summed E-state index contributed by atoms with van der Waals surface area (Å²) in [6.45, 7) is 2.46. The molecule has 2 unspecified atom stereocenters. The number of carbonyl (C=O) groups excluding carboxylic acids is 1. The number of benzene rings is 1. The second-order valence-electron chi connectivity index (χ2n) is 4.81. The van der Waals surface area contributed by atoms with E-state index in [2.05, 4.69) is 22.4 Å². The highest BCUT2D eigenvalue weighted by atomic mass is 16.7. The lowest BCUT2D eigenvalue weighted by atomic mass is 9.82. The molecule has 4 nitrogen and oxygen atoms in total. The molecular formula is C12H15BN2O2. The lowest BCUT2D eigenvalue weighted by molar-refractivity contribution is 0.0545. The van der Waals surface area contributed by atoms with E-state index in [4.69, 9.17) is 4.84 Å². The van der Waals surface area contributed by atoms with Crippen LogP contribution in [-0.2, 0) is 15.2 Å². The van der Waals surface area contributed by atoms with Gasteiger partial charge in [0.2, 0.25) is 0 Å². The molecule has 1 N–H and O–H groups in total. The molecule has 5 heteroatoms. The third kappa shape index (κ3) is 1.71. The second kappa shape index (κ2) is 4.25. The van der Waals surface area contributed by atoms with Crippen LogP contribution in [-0.4, -0.2) is 38.1 Å². The normalized spacial score (nSPS) is 32.4. The Bertz CT molecular complexity index is 414. The zero-order valence-electron chi connectivity index (χ0n) is 9.63. The average molecular weight is 230 g/mol. The van der Waals surface area contributed by atoms with Crippen LogP contribution < -0.4 is 5.48 Å². The van der Waals surface area contributed by atoms with E-state index < -0.39 is 0 Å². The lowest BCUT2D eigenvalue weighted by Crippen LogP contribution is -2.43. The summed E-state index contributed by atoms with van der Waals surface area (Å²) < 4.78 is 0. The third-order valence-corrected chi connectivity index (χ3v) is 3.81. The van der Waals surface area contributed by atoms with E-state index in [0.717, 1.165) is 19.3 Å². The van der Waals surface area contributed by atoms with Crippen LogP contribution in [0.1, 0.15) is 5.56 Å². The number of nitrogens with zero attached hydrogens (tertiary/aromatic N) is 1. The predicted octanol–water partition coefficient (Wildman–Crippen LogP) is -0.110. The predicted molar refractivity (Wildman–Crippen MR) is 66.2 cm³/mol. The van der Waals surface area contributed by atoms with E-state index >= 15 is 0 Å². The van der Waals surface area contributed by atoms with E-state index in [1.165, 1.54) is 5.56 Å². The average Bonchev–Trinajstić information content (AvgIpc) is 2.88. The molecule has 0 aromatic heterocycles. The summed E-state index contributed by atoms with van der Waals surface area (Å²) in [5.74, 6) is 0.421. The zero-order chi connectivity index (χ0) is 11.7. The van der Waals surface area contributed by atoms with Crippen LogP contribution in [0.15, 0.2) is 30.3 Å². The Morgan fingerprint density at radius 1 is 1.47 bits per heavy atom. The minimum absolute atomic E-state index is 0.135. The van der Waals surface area contributed by atoms with Crippen LogP contribution in [0.2, 0.25) is 0 Å². The minimum Gasteiger partial charge on any atom is -0.336 e. The lowest BCUT2D eigenvalue weighted by Gasteiger charge is -2.28. The number of rotatable bonds is 3. The van der Waals surface area contributed by atoms with Gasteiger partial charge in [-0.2, -0.15) is 5.48 Å².